The lowest BCUT2D eigenvalue weighted by atomic mass is 10.1. The Hall–Kier alpha value is -1.97. The molecule has 142 valence electrons. The molecule has 1 aromatic carbocycles. The number of pyridine rings is 1. The van der Waals surface area contributed by atoms with Gasteiger partial charge in [0.1, 0.15) is 5.75 Å². The van der Waals surface area contributed by atoms with E-state index in [1.165, 1.54) is 0 Å². The Kier molecular flexibility index (Phi) is 9.85. The molecule has 1 aromatic heterocycles. The highest BCUT2D eigenvalue weighted by molar-refractivity contribution is 14.0. The lowest BCUT2D eigenvalue weighted by Gasteiger charge is -2.15. The monoisotopic (exact) mass is 476 g/mol. The highest BCUT2D eigenvalue weighted by Crippen LogP contribution is 2.21. The van der Waals surface area contributed by atoms with Crippen LogP contribution in [0.15, 0.2) is 47.6 Å². The topological polar surface area (TPSA) is 58.5 Å². The standard InChI is InChI=1S/C18H22F2N4O.HI/c1-13-6-7-16(25-17(19)20)14(11-13)12-24-18(21-2)23-10-8-15-5-3-4-9-22-15;/h3-7,9,11,17H,8,10,12H2,1-2H3,(H2,21,23,24);1H. The molecule has 0 bridgehead atoms. The second kappa shape index (κ2) is 11.6. The lowest BCUT2D eigenvalue weighted by Crippen LogP contribution is -2.38. The van der Waals surface area contributed by atoms with Gasteiger partial charge in [0.25, 0.3) is 0 Å². The van der Waals surface area contributed by atoms with Crippen LogP contribution in [0.1, 0.15) is 16.8 Å². The van der Waals surface area contributed by atoms with E-state index in [1.807, 2.05) is 31.2 Å². The molecule has 1 heterocycles. The number of aromatic nitrogens is 1. The van der Waals surface area contributed by atoms with E-state index in [9.17, 15) is 8.78 Å². The molecule has 0 saturated heterocycles. The van der Waals surface area contributed by atoms with Crippen LogP contribution in [0.2, 0.25) is 0 Å². The fourth-order valence-electron chi connectivity index (χ4n) is 2.31. The van der Waals surface area contributed by atoms with Crippen molar-refractivity contribution in [3.8, 4) is 5.75 Å². The van der Waals surface area contributed by atoms with Gasteiger partial charge in [-0.3, -0.25) is 9.98 Å². The van der Waals surface area contributed by atoms with Crippen molar-refractivity contribution in [3.05, 3.63) is 59.4 Å². The van der Waals surface area contributed by atoms with Gasteiger partial charge in [0.2, 0.25) is 0 Å². The van der Waals surface area contributed by atoms with Gasteiger partial charge in [0.05, 0.1) is 0 Å². The van der Waals surface area contributed by atoms with Gasteiger partial charge in [0.15, 0.2) is 5.96 Å². The van der Waals surface area contributed by atoms with Gasteiger partial charge < -0.3 is 15.4 Å². The number of nitrogens with zero attached hydrogens (tertiary/aromatic N) is 2. The minimum absolute atomic E-state index is 0. The second-order valence-corrected chi connectivity index (χ2v) is 5.41. The minimum Gasteiger partial charge on any atom is -0.434 e. The summed E-state index contributed by atoms with van der Waals surface area (Å²) in [5.74, 6) is 0.748. The van der Waals surface area contributed by atoms with Gasteiger partial charge in [-0.15, -0.1) is 24.0 Å². The number of aliphatic imine (C=N–C) groups is 1. The quantitative estimate of drug-likeness (QED) is 0.365. The van der Waals surface area contributed by atoms with E-state index in [4.69, 9.17) is 0 Å². The van der Waals surface area contributed by atoms with E-state index in [-0.39, 0.29) is 29.7 Å². The first-order valence-corrected chi connectivity index (χ1v) is 7.97. The highest BCUT2D eigenvalue weighted by atomic mass is 127. The molecule has 0 aliphatic carbocycles. The van der Waals surface area contributed by atoms with Crippen LogP contribution in [0.5, 0.6) is 5.75 Å². The van der Waals surface area contributed by atoms with Crippen molar-refractivity contribution in [2.75, 3.05) is 13.6 Å². The van der Waals surface area contributed by atoms with E-state index in [0.29, 0.717) is 24.6 Å². The largest absolute Gasteiger partial charge is 0.434 e. The summed E-state index contributed by atoms with van der Waals surface area (Å²) < 4.78 is 29.6. The van der Waals surface area contributed by atoms with Gasteiger partial charge in [-0.2, -0.15) is 8.78 Å². The predicted molar refractivity (Wildman–Crippen MR) is 109 cm³/mol. The van der Waals surface area contributed by atoms with E-state index >= 15 is 0 Å². The number of guanidine groups is 1. The van der Waals surface area contributed by atoms with Crippen molar-refractivity contribution in [2.24, 2.45) is 4.99 Å². The van der Waals surface area contributed by atoms with Gasteiger partial charge in [-0.25, -0.2) is 0 Å². The summed E-state index contributed by atoms with van der Waals surface area (Å²) >= 11 is 0. The molecule has 0 spiro atoms. The van der Waals surface area contributed by atoms with Gasteiger partial charge >= 0.3 is 6.61 Å². The minimum atomic E-state index is -2.85. The Morgan fingerprint density at radius 1 is 1.23 bits per heavy atom. The summed E-state index contributed by atoms with van der Waals surface area (Å²) in [7, 11) is 1.66. The summed E-state index contributed by atoms with van der Waals surface area (Å²) in [6.07, 6.45) is 2.51. The number of aryl methyl sites for hydroxylation is 1. The average Bonchev–Trinajstić information content (AvgIpc) is 2.60. The van der Waals surface area contributed by atoms with Crippen molar-refractivity contribution < 1.29 is 13.5 Å². The molecular formula is C18H23F2IN4O. The van der Waals surface area contributed by atoms with Crippen LogP contribution >= 0.6 is 24.0 Å². The molecule has 0 saturated carbocycles. The molecule has 0 unspecified atom stereocenters. The fraction of sp³-hybridized carbons (Fsp3) is 0.333. The maximum Gasteiger partial charge on any atom is 0.387 e. The van der Waals surface area contributed by atoms with Crippen LogP contribution < -0.4 is 15.4 Å². The molecule has 0 amide bonds. The van der Waals surface area contributed by atoms with Crippen LogP contribution in [-0.4, -0.2) is 31.1 Å². The van der Waals surface area contributed by atoms with Crippen molar-refractivity contribution in [3.63, 3.8) is 0 Å². The van der Waals surface area contributed by atoms with Crippen molar-refractivity contribution in [2.45, 2.75) is 26.5 Å². The molecule has 5 nitrogen and oxygen atoms in total. The number of hydrogen-bond acceptors (Lipinski definition) is 3. The summed E-state index contributed by atoms with van der Waals surface area (Å²) in [4.78, 5) is 8.39. The Morgan fingerprint density at radius 3 is 2.69 bits per heavy atom. The third kappa shape index (κ3) is 7.51. The van der Waals surface area contributed by atoms with Crippen LogP contribution in [0.4, 0.5) is 8.78 Å². The molecule has 2 aromatic rings. The summed E-state index contributed by atoms with van der Waals surface area (Å²) in [5, 5.41) is 6.28. The first kappa shape index (κ1) is 22.1. The summed E-state index contributed by atoms with van der Waals surface area (Å²) in [5.41, 5.74) is 2.60. The van der Waals surface area contributed by atoms with Crippen molar-refractivity contribution in [1.82, 2.24) is 15.6 Å². The number of benzene rings is 1. The summed E-state index contributed by atoms with van der Waals surface area (Å²) in [6.45, 7) is 0.0327. The van der Waals surface area contributed by atoms with Gasteiger partial charge in [-0.1, -0.05) is 23.8 Å². The van der Waals surface area contributed by atoms with Crippen molar-refractivity contribution in [1.29, 1.82) is 0 Å². The van der Waals surface area contributed by atoms with E-state index in [2.05, 4.69) is 25.3 Å². The number of halogens is 3. The first-order valence-electron chi connectivity index (χ1n) is 7.97. The maximum atomic E-state index is 12.5. The highest BCUT2D eigenvalue weighted by Gasteiger charge is 2.10. The first-order chi connectivity index (χ1) is 12.1. The third-order valence-electron chi connectivity index (χ3n) is 3.50. The number of ether oxygens (including phenoxy) is 1. The SMILES string of the molecule is CN=C(NCCc1ccccn1)NCc1cc(C)ccc1OC(F)F.I. The van der Waals surface area contributed by atoms with Crippen LogP contribution in [0.3, 0.4) is 0 Å². The Labute approximate surface area is 169 Å². The van der Waals surface area contributed by atoms with Crippen LogP contribution in [0, 0.1) is 6.92 Å². The van der Waals surface area contributed by atoms with Crippen molar-refractivity contribution >= 4 is 29.9 Å². The lowest BCUT2D eigenvalue weighted by molar-refractivity contribution is -0.0504. The van der Waals surface area contributed by atoms with Gasteiger partial charge in [-0.05, 0) is 25.1 Å². The second-order valence-electron chi connectivity index (χ2n) is 5.41. The normalized spacial score (nSPS) is 11.0. The smallest absolute Gasteiger partial charge is 0.387 e. The Balaban J connectivity index is 0.00000338. The molecule has 0 aliphatic rings. The van der Waals surface area contributed by atoms with Crippen LogP contribution in [-0.2, 0) is 13.0 Å². The van der Waals surface area contributed by atoms with E-state index in [0.717, 1.165) is 17.7 Å². The van der Waals surface area contributed by atoms with E-state index in [1.54, 1.807) is 25.4 Å². The number of hydrogen-bond donors (Lipinski definition) is 2. The third-order valence-corrected chi connectivity index (χ3v) is 3.50. The fourth-order valence-corrected chi connectivity index (χ4v) is 2.31. The molecular weight excluding hydrogens is 453 g/mol. The molecule has 2 rings (SSSR count). The zero-order valence-electron chi connectivity index (χ0n) is 14.7. The molecule has 0 aliphatic heterocycles. The Morgan fingerprint density at radius 2 is 2.04 bits per heavy atom. The van der Waals surface area contributed by atoms with E-state index < -0.39 is 6.61 Å². The van der Waals surface area contributed by atoms with Gasteiger partial charge in [0, 0.05) is 44.0 Å². The average molecular weight is 476 g/mol. The molecule has 0 radical (unpaired) electrons. The molecule has 8 heteroatoms. The Bertz CT molecular complexity index is 699. The number of alkyl halides is 2. The maximum absolute atomic E-state index is 12.5. The van der Waals surface area contributed by atoms with Crippen LogP contribution in [0.25, 0.3) is 0 Å². The molecule has 2 N–H and O–H groups in total. The number of nitrogens with one attached hydrogen (secondary N) is 2. The molecule has 0 fully saturated rings. The molecule has 0 atom stereocenters. The summed E-state index contributed by atoms with van der Waals surface area (Å²) in [6, 6.07) is 10.9. The zero-order chi connectivity index (χ0) is 18.1. The molecule has 26 heavy (non-hydrogen) atoms. The zero-order valence-corrected chi connectivity index (χ0v) is 17.0. The number of rotatable bonds is 7. The predicted octanol–water partition coefficient (Wildman–Crippen LogP) is 3.52.